The number of ether oxygens (including phenoxy) is 1. The summed E-state index contributed by atoms with van der Waals surface area (Å²) < 4.78 is 18.6. The smallest absolute Gasteiger partial charge is 0.262 e. The lowest BCUT2D eigenvalue weighted by molar-refractivity contribution is -0.146. The third-order valence-corrected chi connectivity index (χ3v) is 6.80. The van der Waals surface area contributed by atoms with E-state index < -0.39 is 0 Å². The van der Waals surface area contributed by atoms with Crippen LogP contribution in [0.15, 0.2) is 46.9 Å². The number of amides is 2. The molecule has 164 valence electrons. The van der Waals surface area contributed by atoms with Crippen molar-refractivity contribution in [1.29, 1.82) is 0 Å². The standard InChI is InChI=1S/C23H26FN3O3S/c1-30-12-11-26(23(29)17-4-2-5-17)15-22(28)27-20(16-7-9-18(24)10-8-16)14-19(25-27)21-6-3-13-31-21/h3,6-10,13,17,20H,2,4-5,11-12,14-15H2,1H3/t20-/m1/s1. The molecule has 1 fully saturated rings. The molecule has 0 spiro atoms. The van der Waals surface area contributed by atoms with Crippen LogP contribution in [-0.2, 0) is 14.3 Å². The van der Waals surface area contributed by atoms with Crippen LogP contribution in [0, 0.1) is 11.7 Å². The van der Waals surface area contributed by atoms with Gasteiger partial charge in [0.1, 0.15) is 12.4 Å². The molecule has 0 radical (unpaired) electrons. The highest BCUT2D eigenvalue weighted by Gasteiger charge is 2.36. The first-order chi connectivity index (χ1) is 15.1. The van der Waals surface area contributed by atoms with Crippen LogP contribution in [0.2, 0.25) is 0 Å². The lowest BCUT2D eigenvalue weighted by Crippen LogP contribution is -2.46. The molecule has 1 saturated carbocycles. The van der Waals surface area contributed by atoms with E-state index in [1.807, 2.05) is 17.5 Å². The highest BCUT2D eigenvalue weighted by molar-refractivity contribution is 7.12. The summed E-state index contributed by atoms with van der Waals surface area (Å²) in [5.41, 5.74) is 1.64. The molecule has 6 nitrogen and oxygen atoms in total. The van der Waals surface area contributed by atoms with Crippen LogP contribution >= 0.6 is 11.3 Å². The van der Waals surface area contributed by atoms with Crippen LogP contribution in [0.25, 0.3) is 0 Å². The monoisotopic (exact) mass is 443 g/mol. The van der Waals surface area contributed by atoms with Crippen molar-refractivity contribution in [3.05, 3.63) is 58.0 Å². The molecule has 2 amide bonds. The Balaban J connectivity index is 1.56. The minimum Gasteiger partial charge on any atom is -0.383 e. The zero-order chi connectivity index (χ0) is 21.8. The summed E-state index contributed by atoms with van der Waals surface area (Å²) in [5.74, 6) is -0.557. The van der Waals surface area contributed by atoms with E-state index in [2.05, 4.69) is 5.10 Å². The zero-order valence-electron chi connectivity index (χ0n) is 17.5. The predicted octanol–water partition coefficient (Wildman–Crippen LogP) is 3.84. The lowest BCUT2D eigenvalue weighted by atomic mass is 9.84. The van der Waals surface area contributed by atoms with E-state index in [1.165, 1.54) is 17.1 Å². The fourth-order valence-electron chi connectivity index (χ4n) is 3.89. The van der Waals surface area contributed by atoms with Crippen LogP contribution in [0.5, 0.6) is 0 Å². The summed E-state index contributed by atoms with van der Waals surface area (Å²) in [7, 11) is 1.58. The number of hydrogen-bond donors (Lipinski definition) is 0. The van der Waals surface area contributed by atoms with Gasteiger partial charge in [-0.15, -0.1) is 11.3 Å². The highest BCUT2D eigenvalue weighted by Crippen LogP contribution is 2.34. The maximum absolute atomic E-state index is 13.5. The molecule has 1 aliphatic heterocycles. The molecule has 2 aromatic rings. The van der Waals surface area contributed by atoms with Gasteiger partial charge in [0.25, 0.3) is 5.91 Å². The van der Waals surface area contributed by atoms with E-state index in [1.54, 1.807) is 35.5 Å². The first kappa shape index (κ1) is 21.6. The minimum absolute atomic E-state index is 0.00121. The first-order valence-corrected chi connectivity index (χ1v) is 11.4. The summed E-state index contributed by atoms with van der Waals surface area (Å²) in [6, 6.07) is 9.77. The molecule has 31 heavy (non-hydrogen) atoms. The van der Waals surface area contributed by atoms with Crippen molar-refractivity contribution in [3.8, 4) is 0 Å². The number of nitrogens with zero attached hydrogens (tertiary/aromatic N) is 3. The number of thiophene rings is 1. The fourth-order valence-corrected chi connectivity index (χ4v) is 4.62. The van der Waals surface area contributed by atoms with E-state index in [4.69, 9.17) is 4.74 Å². The van der Waals surface area contributed by atoms with Crippen molar-refractivity contribution >= 4 is 28.9 Å². The predicted molar refractivity (Wildman–Crippen MR) is 117 cm³/mol. The Morgan fingerprint density at radius 2 is 2.03 bits per heavy atom. The fraction of sp³-hybridized carbons (Fsp3) is 0.435. The van der Waals surface area contributed by atoms with Gasteiger partial charge in [-0.05, 0) is 42.0 Å². The summed E-state index contributed by atoms with van der Waals surface area (Å²) >= 11 is 1.57. The van der Waals surface area contributed by atoms with Crippen molar-refractivity contribution in [2.24, 2.45) is 11.0 Å². The Morgan fingerprint density at radius 3 is 2.65 bits per heavy atom. The van der Waals surface area contributed by atoms with E-state index in [0.717, 1.165) is 35.4 Å². The molecule has 0 saturated heterocycles. The number of hydrogen-bond acceptors (Lipinski definition) is 5. The van der Waals surface area contributed by atoms with Gasteiger partial charge in [0, 0.05) is 26.0 Å². The van der Waals surface area contributed by atoms with Gasteiger partial charge in [-0.25, -0.2) is 9.40 Å². The van der Waals surface area contributed by atoms with Gasteiger partial charge >= 0.3 is 0 Å². The molecule has 1 aliphatic carbocycles. The van der Waals surface area contributed by atoms with Crippen LogP contribution in [0.3, 0.4) is 0 Å². The Labute approximate surface area is 185 Å². The van der Waals surface area contributed by atoms with Crippen LogP contribution < -0.4 is 0 Å². The van der Waals surface area contributed by atoms with Crippen LogP contribution in [-0.4, -0.2) is 54.2 Å². The normalized spacial score (nSPS) is 18.6. The SMILES string of the molecule is COCCN(CC(=O)N1N=C(c2cccs2)C[C@@H]1c1ccc(F)cc1)C(=O)C1CCC1. The third-order valence-electron chi connectivity index (χ3n) is 5.88. The summed E-state index contributed by atoms with van der Waals surface area (Å²) in [6.07, 6.45) is 3.35. The molecule has 8 heteroatoms. The Kier molecular flexibility index (Phi) is 6.77. The third kappa shape index (κ3) is 4.85. The topological polar surface area (TPSA) is 62.2 Å². The Morgan fingerprint density at radius 1 is 1.26 bits per heavy atom. The number of carbonyl (C=O) groups excluding carboxylic acids is 2. The number of hydrazone groups is 1. The molecular weight excluding hydrogens is 417 g/mol. The van der Waals surface area contributed by atoms with Gasteiger partial charge in [0.2, 0.25) is 5.91 Å². The van der Waals surface area contributed by atoms with Gasteiger partial charge in [-0.3, -0.25) is 9.59 Å². The molecule has 4 rings (SSSR count). The Hall–Kier alpha value is -2.58. The van der Waals surface area contributed by atoms with Gasteiger partial charge in [-0.2, -0.15) is 5.10 Å². The molecule has 0 bridgehead atoms. The van der Waals surface area contributed by atoms with Crippen molar-refractivity contribution in [3.63, 3.8) is 0 Å². The first-order valence-electron chi connectivity index (χ1n) is 10.5. The lowest BCUT2D eigenvalue weighted by Gasteiger charge is -2.32. The number of halogens is 1. The van der Waals surface area contributed by atoms with Crippen LogP contribution in [0.1, 0.15) is 42.2 Å². The van der Waals surface area contributed by atoms with Crippen molar-refractivity contribution in [2.75, 3.05) is 26.8 Å². The number of rotatable bonds is 8. The molecular formula is C23H26FN3O3S. The second-order valence-electron chi connectivity index (χ2n) is 7.91. The van der Waals surface area contributed by atoms with E-state index in [-0.39, 0.29) is 36.1 Å². The van der Waals surface area contributed by atoms with Crippen molar-refractivity contribution in [2.45, 2.75) is 31.7 Å². The molecule has 1 aromatic carbocycles. The summed E-state index contributed by atoms with van der Waals surface area (Å²) in [4.78, 5) is 28.8. The van der Waals surface area contributed by atoms with Crippen molar-refractivity contribution < 1.29 is 18.7 Å². The second-order valence-corrected chi connectivity index (χ2v) is 8.86. The second kappa shape index (κ2) is 9.70. The van der Waals surface area contributed by atoms with Crippen LogP contribution in [0.4, 0.5) is 4.39 Å². The molecule has 0 unspecified atom stereocenters. The van der Waals surface area contributed by atoms with Gasteiger partial charge in [-0.1, -0.05) is 24.6 Å². The van der Waals surface area contributed by atoms with Gasteiger partial charge in [0.05, 0.1) is 23.2 Å². The number of carbonyl (C=O) groups is 2. The van der Waals surface area contributed by atoms with E-state index >= 15 is 0 Å². The number of benzene rings is 1. The maximum Gasteiger partial charge on any atom is 0.262 e. The molecule has 1 atom stereocenters. The summed E-state index contributed by atoms with van der Waals surface area (Å²) in [6.45, 7) is 0.697. The molecule has 1 aromatic heterocycles. The van der Waals surface area contributed by atoms with E-state index in [9.17, 15) is 14.0 Å². The minimum atomic E-state index is -0.326. The van der Waals surface area contributed by atoms with Gasteiger partial charge < -0.3 is 9.64 Å². The maximum atomic E-state index is 13.5. The van der Waals surface area contributed by atoms with Crippen molar-refractivity contribution in [1.82, 2.24) is 9.91 Å². The highest BCUT2D eigenvalue weighted by atomic mass is 32.1. The molecule has 2 heterocycles. The average Bonchev–Trinajstić information content (AvgIpc) is 3.40. The van der Waals surface area contributed by atoms with E-state index in [0.29, 0.717) is 19.6 Å². The number of methoxy groups -OCH3 is 1. The summed E-state index contributed by atoms with van der Waals surface area (Å²) in [5, 5.41) is 8.07. The quantitative estimate of drug-likeness (QED) is 0.623. The Bertz CT molecular complexity index is 941. The van der Waals surface area contributed by atoms with Gasteiger partial charge in [0.15, 0.2) is 0 Å². The average molecular weight is 444 g/mol. The zero-order valence-corrected chi connectivity index (χ0v) is 18.3. The largest absolute Gasteiger partial charge is 0.383 e. The molecule has 2 aliphatic rings. The molecule has 0 N–H and O–H groups in total.